The second kappa shape index (κ2) is 10.9. The number of anilines is 1. The van der Waals surface area contributed by atoms with Crippen molar-refractivity contribution < 1.29 is 23.1 Å². The fraction of sp³-hybridized carbons (Fsp3) is 0.233. The maximum absolute atomic E-state index is 13.1. The summed E-state index contributed by atoms with van der Waals surface area (Å²) in [7, 11) is -4.19. The van der Waals surface area contributed by atoms with Crippen LogP contribution in [-0.4, -0.2) is 29.5 Å². The summed E-state index contributed by atoms with van der Waals surface area (Å²) in [6, 6.07) is 20.7. The van der Waals surface area contributed by atoms with Crippen LogP contribution in [-0.2, 0) is 22.0 Å². The quantitative estimate of drug-likeness (QED) is 0.273. The smallest absolute Gasteiger partial charge is 0.335 e. The normalized spacial score (nSPS) is 11.7. The molecule has 4 aromatic rings. The molecule has 202 valence electrons. The van der Waals surface area contributed by atoms with Gasteiger partial charge in [-0.15, -0.1) is 0 Å². The molecule has 1 heterocycles. The monoisotopic (exact) mass is 545 g/mol. The molecule has 3 aromatic carbocycles. The highest BCUT2D eigenvalue weighted by atomic mass is 32.2. The standard InChI is InChI=1S/C30H31N3O5S/c1-19-8-6-9-20(2)27(19)25-17-26(38-18-21-12-14-23(15-13-21)30(3,4)5)32-29(31-25)33-39(36,37)24-11-7-10-22(16-24)28(34)35/h6-17H,18H2,1-5H3,(H,34,35)(H,31,32,33). The average molecular weight is 546 g/mol. The number of rotatable bonds is 8. The highest BCUT2D eigenvalue weighted by molar-refractivity contribution is 7.92. The Labute approximate surface area is 228 Å². The van der Waals surface area contributed by atoms with Crippen molar-refractivity contribution in [2.45, 2.75) is 51.5 Å². The minimum Gasteiger partial charge on any atom is -0.478 e. The summed E-state index contributed by atoms with van der Waals surface area (Å²) in [4.78, 5) is 19.9. The summed E-state index contributed by atoms with van der Waals surface area (Å²) in [5.74, 6) is -1.22. The molecule has 1 aromatic heterocycles. The van der Waals surface area contributed by atoms with Crippen LogP contribution in [0.4, 0.5) is 5.95 Å². The van der Waals surface area contributed by atoms with Crippen molar-refractivity contribution in [2.24, 2.45) is 0 Å². The second-order valence-electron chi connectivity index (χ2n) is 10.4. The molecule has 0 unspecified atom stereocenters. The largest absolute Gasteiger partial charge is 0.478 e. The molecule has 0 spiro atoms. The van der Waals surface area contributed by atoms with Crippen molar-refractivity contribution in [1.82, 2.24) is 9.97 Å². The predicted octanol–water partition coefficient (Wildman–Crippen LogP) is 6.14. The number of hydrogen-bond donors (Lipinski definition) is 2. The van der Waals surface area contributed by atoms with Crippen molar-refractivity contribution in [1.29, 1.82) is 0 Å². The molecule has 0 aliphatic rings. The summed E-state index contributed by atoms with van der Waals surface area (Å²) in [6.45, 7) is 10.6. The number of sulfonamides is 1. The minimum atomic E-state index is -4.19. The van der Waals surface area contributed by atoms with Crippen molar-refractivity contribution in [3.05, 3.63) is 101 Å². The van der Waals surface area contributed by atoms with Gasteiger partial charge in [0.1, 0.15) is 6.61 Å². The van der Waals surface area contributed by atoms with Gasteiger partial charge in [-0.25, -0.2) is 22.9 Å². The van der Waals surface area contributed by atoms with Gasteiger partial charge in [-0.3, -0.25) is 0 Å². The Bertz CT molecular complexity index is 1610. The fourth-order valence-corrected chi connectivity index (χ4v) is 5.11. The number of aryl methyl sites for hydroxylation is 2. The number of ether oxygens (including phenoxy) is 1. The zero-order valence-corrected chi connectivity index (χ0v) is 23.3. The van der Waals surface area contributed by atoms with Gasteiger partial charge in [0.2, 0.25) is 11.8 Å². The SMILES string of the molecule is Cc1cccc(C)c1-c1cc(OCc2ccc(C(C)(C)C)cc2)nc(NS(=O)(=O)c2cccc(C(=O)O)c2)n1. The molecule has 8 nitrogen and oxygen atoms in total. The molecule has 0 radical (unpaired) electrons. The number of aromatic carboxylic acids is 1. The molecule has 9 heteroatoms. The fourth-order valence-electron chi connectivity index (χ4n) is 4.12. The van der Waals surface area contributed by atoms with Gasteiger partial charge < -0.3 is 9.84 Å². The van der Waals surface area contributed by atoms with Gasteiger partial charge in [-0.1, -0.05) is 69.3 Å². The number of nitrogens with one attached hydrogen (secondary N) is 1. The number of nitrogens with zero attached hydrogens (tertiary/aromatic N) is 2. The molecule has 4 rings (SSSR count). The van der Waals surface area contributed by atoms with Crippen LogP contribution in [0.5, 0.6) is 5.88 Å². The third-order valence-corrected chi connectivity index (χ3v) is 7.59. The summed E-state index contributed by atoms with van der Waals surface area (Å²) in [6.07, 6.45) is 0. The molecule has 0 saturated heterocycles. The van der Waals surface area contributed by atoms with Crippen LogP contribution in [0.1, 0.15) is 53.4 Å². The first kappa shape index (κ1) is 27.8. The van der Waals surface area contributed by atoms with Gasteiger partial charge in [0.15, 0.2) is 0 Å². The summed E-state index contributed by atoms with van der Waals surface area (Å²) in [5, 5.41) is 9.27. The van der Waals surface area contributed by atoms with Crippen LogP contribution >= 0.6 is 0 Å². The molecule has 0 fully saturated rings. The second-order valence-corrected chi connectivity index (χ2v) is 12.0. The zero-order valence-electron chi connectivity index (χ0n) is 22.5. The maximum atomic E-state index is 13.1. The first-order valence-electron chi connectivity index (χ1n) is 12.4. The van der Waals surface area contributed by atoms with E-state index in [1.54, 1.807) is 6.07 Å². The summed E-state index contributed by atoms with van der Waals surface area (Å²) in [5.41, 5.74) is 5.27. The molecular formula is C30H31N3O5S. The number of benzene rings is 3. The van der Waals surface area contributed by atoms with Crippen LogP contribution in [0.15, 0.2) is 77.7 Å². The van der Waals surface area contributed by atoms with Gasteiger partial charge in [-0.2, -0.15) is 4.98 Å². The van der Waals surface area contributed by atoms with Crippen molar-refractivity contribution >= 4 is 21.9 Å². The Morgan fingerprint density at radius 1 is 0.923 bits per heavy atom. The van der Waals surface area contributed by atoms with Crippen molar-refractivity contribution in [2.75, 3.05) is 4.72 Å². The molecule has 0 bridgehead atoms. The predicted molar refractivity (Wildman–Crippen MR) is 151 cm³/mol. The molecule has 0 amide bonds. The van der Waals surface area contributed by atoms with E-state index in [-0.39, 0.29) is 34.3 Å². The van der Waals surface area contributed by atoms with E-state index in [2.05, 4.69) is 47.6 Å². The minimum absolute atomic E-state index is 0.0302. The summed E-state index contributed by atoms with van der Waals surface area (Å²) < 4.78 is 34.7. The zero-order chi connectivity index (χ0) is 28.4. The van der Waals surface area contributed by atoms with E-state index in [1.165, 1.54) is 23.8 Å². The third kappa shape index (κ3) is 6.61. The first-order valence-corrected chi connectivity index (χ1v) is 13.9. The molecule has 0 saturated carbocycles. The molecule has 0 atom stereocenters. The van der Waals surface area contributed by atoms with Crippen molar-refractivity contribution in [3.63, 3.8) is 0 Å². The molecule has 0 aliphatic carbocycles. The third-order valence-electron chi connectivity index (χ3n) is 6.26. The van der Waals surface area contributed by atoms with E-state index in [0.29, 0.717) is 5.69 Å². The van der Waals surface area contributed by atoms with E-state index in [0.717, 1.165) is 28.3 Å². The van der Waals surface area contributed by atoms with E-state index >= 15 is 0 Å². The Hall–Kier alpha value is -4.24. The number of hydrogen-bond acceptors (Lipinski definition) is 6. The lowest BCUT2D eigenvalue weighted by Crippen LogP contribution is -2.16. The highest BCUT2D eigenvalue weighted by Gasteiger charge is 2.20. The van der Waals surface area contributed by atoms with Crippen LogP contribution < -0.4 is 9.46 Å². The Morgan fingerprint density at radius 2 is 1.56 bits per heavy atom. The Balaban J connectivity index is 1.70. The molecular weight excluding hydrogens is 514 g/mol. The number of aromatic nitrogens is 2. The highest BCUT2D eigenvalue weighted by Crippen LogP contribution is 2.30. The Kier molecular flexibility index (Phi) is 7.74. The average Bonchev–Trinajstić information content (AvgIpc) is 2.87. The van der Waals surface area contributed by atoms with E-state index in [1.807, 2.05) is 44.2 Å². The van der Waals surface area contributed by atoms with Gasteiger partial charge in [0.25, 0.3) is 10.0 Å². The lowest BCUT2D eigenvalue weighted by molar-refractivity contribution is 0.0696. The Morgan fingerprint density at radius 3 is 2.18 bits per heavy atom. The molecule has 0 aliphatic heterocycles. The van der Waals surface area contributed by atoms with E-state index < -0.39 is 16.0 Å². The molecule has 2 N–H and O–H groups in total. The van der Waals surface area contributed by atoms with Crippen LogP contribution in [0.2, 0.25) is 0 Å². The molecule has 39 heavy (non-hydrogen) atoms. The van der Waals surface area contributed by atoms with E-state index in [4.69, 9.17) is 4.74 Å². The van der Waals surface area contributed by atoms with Crippen LogP contribution in [0, 0.1) is 13.8 Å². The number of carbonyl (C=O) groups is 1. The number of carboxylic acid groups (broad SMARTS) is 1. The topological polar surface area (TPSA) is 118 Å². The van der Waals surface area contributed by atoms with Crippen LogP contribution in [0.25, 0.3) is 11.3 Å². The summed E-state index contributed by atoms with van der Waals surface area (Å²) >= 11 is 0. The lowest BCUT2D eigenvalue weighted by Gasteiger charge is -2.19. The first-order chi connectivity index (χ1) is 18.3. The number of carboxylic acids is 1. The van der Waals surface area contributed by atoms with Gasteiger partial charge >= 0.3 is 5.97 Å². The van der Waals surface area contributed by atoms with Gasteiger partial charge in [0.05, 0.1) is 16.2 Å². The van der Waals surface area contributed by atoms with Crippen molar-refractivity contribution in [3.8, 4) is 17.1 Å². The van der Waals surface area contributed by atoms with Gasteiger partial charge in [0, 0.05) is 11.6 Å². The van der Waals surface area contributed by atoms with E-state index in [9.17, 15) is 18.3 Å². The lowest BCUT2D eigenvalue weighted by atomic mass is 9.87. The maximum Gasteiger partial charge on any atom is 0.335 e. The van der Waals surface area contributed by atoms with Gasteiger partial charge in [-0.05, 0) is 59.7 Å². The van der Waals surface area contributed by atoms with Crippen LogP contribution in [0.3, 0.4) is 0 Å².